The number of nitrogens with one attached hydrogen (secondary N) is 2. The molecule has 21 heavy (non-hydrogen) atoms. The SMILES string of the molecule is CCNC(C)(C)C(=O)Nc1cccnc1-n1ccnc1C. The number of likely N-dealkylation sites (N-methyl/N-ethyl adjacent to an activating group) is 1. The van der Waals surface area contributed by atoms with E-state index in [-0.39, 0.29) is 5.91 Å². The first kappa shape index (κ1) is 15.2. The fourth-order valence-corrected chi connectivity index (χ4v) is 2.09. The number of imidazole rings is 1. The Bertz CT molecular complexity index is 632. The topological polar surface area (TPSA) is 71.8 Å². The van der Waals surface area contributed by atoms with E-state index in [0.717, 1.165) is 12.4 Å². The second kappa shape index (κ2) is 6.05. The van der Waals surface area contributed by atoms with Crippen LogP contribution in [0, 0.1) is 6.92 Å². The Balaban J connectivity index is 2.30. The quantitative estimate of drug-likeness (QED) is 0.881. The van der Waals surface area contributed by atoms with Gasteiger partial charge in [-0.25, -0.2) is 9.97 Å². The van der Waals surface area contributed by atoms with Crippen LogP contribution < -0.4 is 10.6 Å². The molecule has 0 fully saturated rings. The number of hydrogen-bond acceptors (Lipinski definition) is 4. The maximum atomic E-state index is 12.4. The van der Waals surface area contributed by atoms with Crippen LogP contribution in [0.2, 0.25) is 0 Å². The normalized spacial score (nSPS) is 11.4. The third kappa shape index (κ3) is 3.28. The number of hydrogen-bond donors (Lipinski definition) is 2. The first-order chi connectivity index (χ1) is 9.95. The lowest BCUT2D eigenvalue weighted by Crippen LogP contribution is -2.49. The fourth-order valence-electron chi connectivity index (χ4n) is 2.09. The number of amides is 1. The summed E-state index contributed by atoms with van der Waals surface area (Å²) in [5.74, 6) is 1.37. The number of aromatic nitrogens is 3. The van der Waals surface area contributed by atoms with Gasteiger partial charge in [0, 0.05) is 18.6 Å². The summed E-state index contributed by atoms with van der Waals surface area (Å²) < 4.78 is 1.84. The molecule has 1 amide bonds. The molecular weight excluding hydrogens is 266 g/mol. The highest BCUT2D eigenvalue weighted by Gasteiger charge is 2.27. The van der Waals surface area contributed by atoms with E-state index in [4.69, 9.17) is 0 Å². The Morgan fingerprint density at radius 3 is 2.71 bits per heavy atom. The van der Waals surface area contributed by atoms with Crippen LogP contribution in [0.5, 0.6) is 0 Å². The smallest absolute Gasteiger partial charge is 0.244 e. The van der Waals surface area contributed by atoms with Gasteiger partial charge in [-0.05, 0) is 39.4 Å². The number of nitrogens with zero attached hydrogens (tertiary/aromatic N) is 3. The minimum Gasteiger partial charge on any atom is -0.321 e. The molecule has 2 rings (SSSR count). The second-order valence-corrected chi connectivity index (χ2v) is 5.33. The summed E-state index contributed by atoms with van der Waals surface area (Å²) in [6.45, 7) is 8.29. The molecule has 0 aliphatic carbocycles. The van der Waals surface area contributed by atoms with E-state index in [2.05, 4.69) is 20.6 Å². The van der Waals surface area contributed by atoms with E-state index >= 15 is 0 Å². The Labute approximate surface area is 124 Å². The van der Waals surface area contributed by atoms with Crippen molar-refractivity contribution in [1.82, 2.24) is 19.9 Å². The predicted molar refractivity (Wildman–Crippen MR) is 82.5 cm³/mol. The van der Waals surface area contributed by atoms with Crippen molar-refractivity contribution >= 4 is 11.6 Å². The molecule has 2 heterocycles. The average molecular weight is 287 g/mol. The predicted octanol–water partition coefficient (Wildman–Crippen LogP) is 1.90. The highest BCUT2D eigenvalue weighted by molar-refractivity contribution is 5.98. The molecule has 2 aromatic heterocycles. The van der Waals surface area contributed by atoms with Crippen LogP contribution in [0.4, 0.5) is 5.69 Å². The van der Waals surface area contributed by atoms with Crippen LogP contribution >= 0.6 is 0 Å². The number of carbonyl (C=O) groups excluding carboxylic acids is 1. The monoisotopic (exact) mass is 287 g/mol. The molecule has 0 atom stereocenters. The molecular formula is C15H21N5O. The van der Waals surface area contributed by atoms with Crippen LogP contribution in [0.15, 0.2) is 30.7 Å². The number of carbonyl (C=O) groups is 1. The van der Waals surface area contributed by atoms with Crippen molar-refractivity contribution in [3.05, 3.63) is 36.5 Å². The third-order valence-electron chi connectivity index (χ3n) is 3.28. The van der Waals surface area contributed by atoms with E-state index < -0.39 is 5.54 Å². The van der Waals surface area contributed by atoms with Gasteiger partial charge in [-0.2, -0.15) is 0 Å². The first-order valence-electron chi connectivity index (χ1n) is 6.97. The molecule has 112 valence electrons. The zero-order valence-corrected chi connectivity index (χ0v) is 12.8. The molecule has 0 saturated heterocycles. The molecule has 2 N–H and O–H groups in total. The summed E-state index contributed by atoms with van der Waals surface area (Å²) in [4.78, 5) is 20.9. The molecule has 0 saturated carbocycles. The highest BCUT2D eigenvalue weighted by atomic mass is 16.2. The summed E-state index contributed by atoms with van der Waals surface area (Å²) >= 11 is 0. The number of pyridine rings is 1. The molecule has 2 aromatic rings. The summed E-state index contributed by atoms with van der Waals surface area (Å²) in [5, 5.41) is 6.09. The van der Waals surface area contributed by atoms with Crippen molar-refractivity contribution in [2.24, 2.45) is 0 Å². The zero-order chi connectivity index (χ0) is 15.5. The number of anilines is 1. The van der Waals surface area contributed by atoms with Crippen LogP contribution in [-0.2, 0) is 4.79 Å². The molecule has 0 radical (unpaired) electrons. The Morgan fingerprint density at radius 1 is 1.33 bits per heavy atom. The van der Waals surface area contributed by atoms with Gasteiger partial charge in [-0.1, -0.05) is 6.92 Å². The van der Waals surface area contributed by atoms with Gasteiger partial charge in [0.15, 0.2) is 5.82 Å². The fraction of sp³-hybridized carbons (Fsp3) is 0.400. The Kier molecular flexibility index (Phi) is 4.37. The minimum atomic E-state index is -0.647. The third-order valence-corrected chi connectivity index (χ3v) is 3.28. The lowest BCUT2D eigenvalue weighted by Gasteiger charge is -2.25. The van der Waals surface area contributed by atoms with Gasteiger partial charge in [-0.15, -0.1) is 0 Å². The standard InChI is InChI=1S/C15H21N5O/c1-5-18-15(3,4)14(21)19-12-7-6-8-17-13(12)20-10-9-16-11(20)2/h6-10,18H,5H2,1-4H3,(H,19,21). The largest absolute Gasteiger partial charge is 0.321 e. The maximum absolute atomic E-state index is 12.4. The van der Waals surface area contributed by atoms with Gasteiger partial charge in [0.05, 0.1) is 11.2 Å². The number of aryl methyl sites for hydroxylation is 1. The molecule has 0 unspecified atom stereocenters. The van der Waals surface area contributed by atoms with Crippen molar-refractivity contribution in [2.75, 3.05) is 11.9 Å². The molecule has 0 bridgehead atoms. The summed E-state index contributed by atoms with van der Waals surface area (Å²) in [7, 11) is 0. The van der Waals surface area contributed by atoms with Gasteiger partial charge >= 0.3 is 0 Å². The van der Waals surface area contributed by atoms with Crippen molar-refractivity contribution in [3.8, 4) is 5.82 Å². The zero-order valence-electron chi connectivity index (χ0n) is 12.8. The van der Waals surface area contributed by atoms with Crippen LogP contribution in [0.3, 0.4) is 0 Å². The summed E-state index contributed by atoms with van der Waals surface area (Å²) in [6, 6.07) is 3.63. The van der Waals surface area contributed by atoms with Crippen molar-refractivity contribution in [3.63, 3.8) is 0 Å². The second-order valence-electron chi connectivity index (χ2n) is 5.33. The Morgan fingerprint density at radius 2 is 2.10 bits per heavy atom. The highest BCUT2D eigenvalue weighted by Crippen LogP contribution is 2.19. The number of rotatable bonds is 5. The molecule has 6 heteroatoms. The lowest BCUT2D eigenvalue weighted by molar-refractivity contribution is -0.121. The molecule has 0 aliphatic rings. The van der Waals surface area contributed by atoms with Crippen molar-refractivity contribution in [1.29, 1.82) is 0 Å². The minimum absolute atomic E-state index is 0.101. The molecule has 6 nitrogen and oxygen atoms in total. The summed E-state index contributed by atoms with van der Waals surface area (Å²) in [6.07, 6.45) is 5.22. The van der Waals surface area contributed by atoms with E-state index in [1.807, 2.05) is 44.5 Å². The Hall–Kier alpha value is -2.21. The van der Waals surface area contributed by atoms with E-state index in [9.17, 15) is 4.79 Å². The van der Waals surface area contributed by atoms with Crippen molar-refractivity contribution in [2.45, 2.75) is 33.2 Å². The van der Waals surface area contributed by atoms with E-state index in [0.29, 0.717) is 11.5 Å². The maximum Gasteiger partial charge on any atom is 0.244 e. The van der Waals surface area contributed by atoms with Crippen LogP contribution in [0.25, 0.3) is 5.82 Å². The van der Waals surface area contributed by atoms with Gasteiger partial charge in [0.1, 0.15) is 5.82 Å². The summed E-state index contributed by atoms with van der Waals surface area (Å²) in [5.41, 5.74) is 0.0147. The van der Waals surface area contributed by atoms with Crippen LogP contribution in [0.1, 0.15) is 26.6 Å². The average Bonchev–Trinajstić information content (AvgIpc) is 2.85. The van der Waals surface area contributed by atoms with Crippen molar-refractivity contribution < 1.29 is 4.79 Å². The molecule has 0 aliphatic heterocycles. The molecule has 0 spiro atoms. The van der Waals surface area contributed by atoms with Crippen LogP contribution in [-0.4, -0.2) is 32.5 Å². The van der Waals surface area contributed by atoms with E-state index in [1.165, 1.54) is 0 Å². The van der Waals surface area contributed by atoms with Gasteiger partial charge in [0.2, 0.25) is 5.91 Å². The van der Waals surface area contributed by atoms with Gasteiger partial charge < -0.3 is 10.6 Å². The van der Waals surface area contributed by atoms with Gasteiger partial charge in [-0.3, -0.25) is 9.36 Å². The first-order valence-corrected chi connectivity index (χ1v) is 6.97. The van der Waals surface area contributed by atoms with Gasteiger partial charge in [0.25, 0.3) is 0 Å². The van der Waals surface area contributed by atoms with E-state index in [1.54, 1.807) is 18.5 Å². The lowest BCUT2D eigenvalue weighted by atomic mass is 10.0. The molecule has 0 aromatic carbocycles.